The second-order valence-corrected chi connectivity index (χ2v) is 9.58. The van der Waals surface area contributed by atoms with Crippen molar-refractivity contribution in [2.75, 3.05) is 6.61 Å². The Balaban J connectivity index is 2.50. The van der Waals surface area contributed by atoms with Gasteiger partial charge in [-0.25, -0.2) is 15.5 Å². The Morgan fingerprint density at radius 1 is 1.26 bits per heavy atom. The number of benzene rings is 1. The fourth-order valence-electron chi connectivity index (χ4n) is 3.68. The number of nitrogens with two attached hydrogens (primary N) is 1. The fraction of sp³-hybridized carbons (Fsp3) is 0.520. The minimum atomic E-state index is -1.22. The van der Waals surface area contributed by atoms with Gasteiger partial charge in [0, 0.05) is 19.3 Å². The maximum absolute atomic E-state index is 13.6. The van der Waals surface area contributed by atoms with Crippen molar-refractivity contribution >= 4 is 40.9 Å². The smallest absolute Gasteiger partial charge is 0.268 e. The van der Waals surface area contributed by atoms with Gasteiger partial charge in [-0.2, -0.15) is 0 Å². The number of nitrogens with one attached hydrogen (secondary N) is 1. The predicted octanol–water partition coefficient (Wildman–Crippen LogP) is 2.83. The number of amides is 3. The van der Waals surface area contributed by atoms with Crippen LogP contribution in [0.25, 0.3) is 6.08 Å². The zero-order valence-electron chi connectivity index (χ0n) is 20.6. The Labute approximate surface area is 212 Å². The molecule has 4 N–H and O–H groups in total. The van der Waals surface area contributed by atoms with Gasteiger partial charge in [0.25, 0.3) is 11.8 Å². The minimum Gasteiger partial charge on any atom is -0.356 e. The molecule has 1 fully saturated rings. The highest BCUT2D eigenvalue weighted by atomic mass is 32.1. The van der Waals surface area contributed by atoms with Crippen molar-refractivity contribution in [2.24, 2.45) is 11.7 Å². The number of hydrogen-bond acceptors (Lipinski definition) is 7. The van der Waals surface area contributed by atoms with Crippen molar-refractivity contribution in [2.45, 2.75) is 71.2 Å². The van der Waals surface area contributed by atoms with E-state index in [2.05, 4.69) is 0 Å². The predicted molar refractivity (Wildman–Crippen MR) is 137 cm³/mol. The van der Waals surface area contributed by atoms with E-state index in [1.54, 1.807) is 17.6 Å². The molecule has 9 nitrogen and oxygen atoms in total. The first-order valence-electron chi connectivity index (χ1n) is 11.8. The van der Waals surface area contributed by atoms with E-state index in [9.17, 15) is 19.6 Å². The molecule has 0 radical (unpaired) electrons. The third-order valence-corrected chi connectivity index (χ3v) is 5.95. The summed E-state index contributed by atoms with van der Waals surface area (Å²) >= 11 is 5.37. The highest BCUT2D eigenvalue weighted by molar-refractivity contribution is 7.80. The molecule has 1 heterocycles. The van der Waals surface area contributed by atoms with Gasteiger partial charge in [-0.05, 0) is 36.1 Å². The lowest BCUT2D eigenvalue weighted by atomic mass is 10.1. The maximum atomic E-state index is 13.6. The second kappa shape index (κ2) is 14.0. The molecule has 0 unspecified atom stereocenters. The molecule has 0 aliphatic carbocycles. The summed E-state index contributed by atoms with van der Waals surface area (Å²) in [5, 5.41) is 11.7. The maximum Gasteiger partial charge on any atom is 0.268 e. The van der Waals surface area contributed by atoms with Crippen LogP contribution >= 0.6 is 12.2 Å². The number of hydrogen-bond donors (Lipinski definition) is 3. The molecule has 2 rings (SSSR count). The largest absolute Gasteiger partial charge is 0.356 e. The van der Waals surface area contributed by atoms with E-state index >= 15 is 0 Å². The standard InChI is InChI=1S/C25H36N4O5S/c1-17(2)12-13-22(30)28(29(25(32)18(3)26)23-16-20(35)14-15-34-23)21(24(31)27-33)11-7-10-19-8-5-4-6-9-19/h4-10,17-18,21,23,33H,11-16,26H2,1-3H3,(H,27,31)/t18-,21+,23-/m1/s1. The lowest BCUT2D eigenvalue weighted by Gasteiger charge is -2.44. The van der Waals surface area contributed by atoms with E-state index < -0.39 is 36.0 Å². The Kier molecular flexibility index (Phi) is 11.5. The number of carbonyl (C=O) groups excluding carboxylic acids is 3. The number of carbonyl (C=O) groups is 3. The van der Waals surface area contributed by atoms with E-state index in [-0.39, 0.29) is 31.8 Å². The molecule has 3 atom stereocenters. The van der Waals surface area contributed by atoms with Crippen molar-refractivity contribution in [1.82, 2.24) is 15.5 Å². The number of ether oxygens (including phenoxy) is 1. The molecular formula is C25H36N4O5S. The van der Waals surface area contributed by atoms with Crippen LogP contribution in [0.1, 0.15) is 58.4 Å². The average molecular weight is 505 g/mol. The topological polar surface area (TPSA) is 125 Å². The lowest BCUT2D eigenvalue weighted by molar-refractivity contribution is -0.204. The van der Waals surface area contributed by atoms with Crippen molar-refractivity contribution in [3.63, 3.8) is 0 Å². The quantitative estimate of drug-likeness (QED) is 0.254. The number of thiocarbonyl (C=S) groups is 1. The zero-order valence-corrected chi connectivity index (χ0v) is 21.4. The molecule has 1 aromatic rings. The van der Waals surface area contributed by atoms with Crippen LogP contribution in [0.3, 0.4) is 0 Å². The molecular weight excluding hydrogens is 468 g/mol. The van der Waals surface area contributed by atoms with E-state index in [0.29, 0.717) is 17.7 Å². The number of hydroxylamine groups is 1. The number of rotatable bonds is 10. The van der Waals surface area contributed by atoms with Gasteiger partial charge in [0.05, 0.1) is 12.6 Å². The van der Waals surface area contributed by atoms with Gasteiger partial charge in [-0.1, -0.05) is 68.5 Å². The monoisotopic (exact) mass is 504 g/mol. The summed E-state index contributed by atoms with van der Waals surface area (Å²) in [5.41, 5.74) is 8.49. The zero-order chi connectivity index (χ0) is 26.0. The molecule has 0 saturated carbocycles. The van der Waals surface area contributed by atoms with E-state index in [1.165, 1.54) is 6.92 Å². The van der Waals surface area contributed by atoms with Crippen LogP contribution in [-0.2, 0) is 19.1 Å². The number of hydrazine groups is 1. The van der Waals surface area contributed by atoms with Crippen LogP contribution in [0.5, 0.6) is 0 Å². The first kappa shape index (κ1) is 28.6. The molecule has 0 bridgehead atoms. The molecule has 35 heavy (non-hydrogen) atoms. The minimum absolute atomic E-state index is 0.0363. The summed E-state index contributed by atoms with van der Waals surface area (Å²) in [5.74, 6) is -1.64. The molecule has 1 saturated heterocycles. The van der Waals surface area contributed by atoms with Crippen LogP contribution in [0.4, 0.5) is 0 Å². The summed E-state index contributed by atoms with van der Waals surface area (Å²) in [4.78, 5) is 40.4. The van der Waals surface area contributed by atoms with Crippen molar-refractivity contribution in [3.05, 3.63) is 42.0 Å². The van der Waals surface area contributed by atoms with Crippen LogP contribution in [0, 0.1) is 5.92 Å². The van der Waals surface area contributed by atoms with E-state index in [0.717, 1.165) is 15.6 Å². The molecule has 0 spiro atoms. The van der Waals surface area contributed by atoms with Crippen molar-refractivity contribution < 1.29 is 24.3 Å². The Hall–Kier alpha value is -2.66. The molecule has 192 valence electrons. The molecule has 10 heteroatoms. The van der Waals surface area contributed by atoms with Crippen molar-refractivity contribution in [3.8, 4) is 0 Å². The first-order valence-corrected chi connectivity index (χ1v) is 12.3. The van der Waals surface area contributed by atoms with Gasteiger partial charge in [-0.15, -0.1) is 0 Å². The first-order chi connectivity index (χ1) is 16.6. The highest BCUT2D eigenvalue weighted by Crippen LogP contribution is 2.24. The normalized spacial score (nSPS) is 17.8. The Bertz CT molecular complexity index is 906. The van der Waals surface area contributed by atoms with Gasteiger partial charge >= 0.3 is 0 Å². The molecule has 1 aliphatic rings. The molecule has 0 aromatic heterocycles. The third-order valence-electron chi connectivity index (χ3n) is 5.58. The van der Waals surface area contributed by atoms with Gasteiger partial charge in [0.15, 0.2) is 6.23 Å². The van der Waals surface area contributed by atoms with Gasteiger partial charge in [-0.3, -0.25) is 19.6 Å². The number of nitrogens with zero attached hydrogens (tertiary/aromatic N) is 2. The summed E-state index contributed by atoms with van der Waals surface area (Å²) in [6.45, 7) is 5.74. The van der Waals surface area contributed by atoms with Crippen LogP contribution in [0.2, 0.25) is 0 Å². The van der Waals surface area contributed by atoms with Crippen LogP contribution in [0.15, 0.2) is 36.4 Å². The average Bonchev–Trinajstić information content (AvgIpc) is 2.83. The van der Waals surface area contributed by atoms with E-state index in [1.807, 2.05) is 44.2 Å². The lowest BCUT2D eigenvalue weighted by Crippen LogP contribution is -2.65. The van der Waals surface area contributed by atoms with E-state index in [4.69, 9.17) is 22.7 Å². The van der Waals surface area contributed by atoms with Crippen molar-refractivity contribution in [1.29, 1.82) is 0 Å². The van der Waals surface area contributed by atoms with Gasteiger partial charge < -0.3 is 10.5 Å². The molecule has 3 amide bonds. The fourth-order valence-corrected chi connectivity index (χ4v) is 3.90. The highest BCUT2D eigenvalue weighted by Gasteiger charge is 2.42. The second-order valence-electron chi connectivity index (χ2n) is 9.00. The summed E-state index contributed by atoms with van der Waals surface area (Å²) in [7, 11) is 0. The van der Waals surface area contributed by atoms with Crippen LogP contribution < -0.4 is 11.2 Å². The Morgan fingerprint density at radius 2 is 1.94 bits per heavy atom. The SMILES string of the molecule is CC(C)CCC(=O)N([C@@H](CC=Cc1ccccc1)C(=O)NO)N(C(=O)[C@@H](C)N)[C@H]1CC(=S)CCO1. The molecule has 1 aliphatic heterocycles. The summed E-state index contributed by atoms with van der Waals surface area (Å²) in [6, 6.07) is 7.25. The summed E-state index contributed by atoms with van der Waals surface area (Å²) in [6.07, 6.45) is 4.11. The van der Waals surface area contributed by atoms with Crippen LogP contribution in [-0.4, -0.2) is 62.7 Å². The van der Waals surface area contributed by atoms with Gasteiger partial charge in [0.2, 0.25) is 5.91 Å². The Morgan fingerprint density at radius 3 is 2.51 bits per heavy atom. The van der Waals surface area contributed by atoms with Gasteiger partial charge in [0.1, 0.15) is 6.04 Å². The third kappa shape index (κ3) is 8.50. The molecule has 1 aromatic carbocycles. The summed E-state index contributed by atoms with van der Waals surface area (Å²) < 4.78 is 5.83.